The van der Waals surface area contributed by atoms with Gasteiger partial charge >= 0.3 is 5.97 Å². The standard InChI is InChI=1S/C37H68N8O8/c1-9-11-12-13-14-15-16-17-18-28-24(6)36(52)45(8)27(19-22(3)4)33(49)43-30(23(5)10-2)35(51)42-26(20-41-37(38)39)32(48)44-31(25(7)46)34(50)40-21-29(47)53-28/h22-28,30-31,46H,9-21H2,1-8H3,(H,40,50)(H,42,51)(H,43,49)(H,44,48)(H4,38,39,41)/t23-,24+,25-,26-,27-,28+,30-,31-/m0/s1. The highest BCUT2D eigenvalue weighted by atomic mass is 16.5. The SMILES string of the molecule is CCCCCCCCCC[C@H]1OC(=O)CNC(=O)[C@H]([C@H](C)O)NC(=O)[C@H](CN=C(N)N)NC(=O)[C@H]([C@@H](C)CC)NC(=O)[C@H](CC(C)C)N(C)C(=O)[C@@H]1C. The number of hydrogen-bond donors (Lipinski definition) is 7. The predicted molar refractivity (Wildman–Crippen MR) is 203 cm³/mol. The fourth-order valence-electron chi connectivity index (χ4n) is 6.15. The third-order valence-electron chi connectivity index (χ3n) is 9.74. The summed E-state index contributed by atoms with van der Waals surface area (Å²) in [4.78, 5) is 87.0. The number of likely N-dealkylation sites (N-methyl/N-ethyl adjacent to an activating group) is 1. The van der Waals surface area contributed by atoms with E-state index in [1.807, 2.05) is 20.8 Å². The number of unbranched alkanes of at least 4 members (excludes halogenated alkanes) is 7. The lowest BCUT2D eigenvalue weighted by atomic mass is 9.94. The van der Waals surface area contributed by atoms with Crippen LogP contribution in [0.25, 0.3) is 0 Å². The minimum Gasteiger partial charge on any atom is -0.460 e. The molecular formula is C37H68N8O8. The van der Waals surface area contributed by atoms with E-state index in [1.165, 1.54) is 31.7 Å². The molecule has 0 radical (unpaired) electrons. The third-order valence-corrected chi connectivity index (χ3v) is 9.74. The predicted octanol–water partition coefficient (Wildman–Crippen LogP) is 1.22. The molecule has 0 aromatic rings. The molecule has 0 spiro atoms. The zero-order valence-corrected chi connectivity index (χ0v) is 33.2. The number of nitrogens with one attached hydrogen (secondary N) is 4. The number of carbonyl (C=O) groups excluding carboxylic acids is 6. The highest BCUT2D eigenvalue weighted by molar-refractivity contribution is 5.96. The third kappa shape index (κ3) is 16.7. The molecule has 5 amide bonds. The number of carbonyl (C=O) groups is 6. The second-order valence-electron chi connectivity index (χ2n) is 14.8. The van der Waals surface area contributed by atoms with Crippen molar-refractivity contribution in [1.82, 2.24) is 26.2 Å². The number of hydrogen-bond acceptors (Lipinski definition) is 9. The van der Waals surface area contributed by atoms with E-state index in [1.54, 1.807) is 13.8 Å². The molecule has 0 saturated carbocycles. The number of aliphatic hydroxyl groups is 1. The summed E-state index contributed by atoms with van der Waals surface area (Å²) in [5, 5.41) is 20.6. The fourth-order valence-corrected chi connectivity index (χ4v) is 6.15. The van der Waals surface area contributed by atoms with Gasteiger partial charge in [-0.25, -0.2) is 0 Å². The molecule has 0 unspecified atom stereocenters. The Kier molecular flexibility index (Phi) is 21.7. The van der Waals surface area contributed by atoms with Gasteiger partial charge in [-0.1, -0.05) is 92.9 Å². The van der Waals surface area contributed by atoms with Crippen molar-refractivity contribution in [2.45, 2.75) is 155 Å². The van der Waals surface area contributed by atoms with Crippen molar-refractivity contribution in [2.75, 3.05) is 20.1 Å². The zero-order valence-electron chi connectivity index (χ0n) is 33.2. The van der Waals surface area contributed by atoms with Crippen molar-refractivity contribution in [2.24, 2.45) is 34.2 Å². The normalized spacial score (nSPS) is 25.5. The second-order valence-corrected chi connectivity index (χ2v) is 14.8. The van der Waals surface area contributed by atoms with E-state index in [-0.39, 0.29) is 18.3 Å². The molecule has 0 aromatic heterocycles. The topological polar surface area (TPSA) is 248 Å². The van der Waals surface area contributed by atoms with Crippen molar-refractivity contribution in [1.29, 1.82) is 0 Å². The molecule has 1 saturated heterocycles. The molecule has 16 nitrogen and oxygen atoms in total. The van der Waals surface area contributed by atoms with Crippen LogP contribution in [0.2, 0.25) is 0 Å². The average Bonchev–Trinajstić information content (AvgIpc) is 3.10. The van der Waals surface area contributed by atoms with E-state index in [9.17, 15) is 33.9 Å². The van der Waals surface area contributed by atoms with Gasteiger partial charge in [0.1, 0.15) is 36.8 Å². The van der Waals surface area contributed by atoms with E-state index in [0.29, 0.717) is 19.3 Å². The quantitative estimate of drug-likeness (QED) is 0.0514. The van der Waals surface area contributed by atoms with Crippen molar-refractivity contribution in [3.8, 4) is 0 Å². The summed E-state index contributed by atoms with van der Waals surface area (Å²) in [5.74, 6) is -5.94. The summed E-state index contributed by atoms with van der Waals surface area (Å²) >= 11 is 0. The van der Waals surface area contributed by atoms with Crippen molar-refractivity contribution < 1.29 is 38.6 Å². The largest absolute Gasteiger partial charge is 0.460 e. The van der Waals surface area contributed by atoms with Gasteiger partial charge in [0.2, 0.25) is 29.5 Å². The van der Waals surface area contributed by atoms with Crippen molar-refractivity contribution in [3.05, 3.63) is 0 Å². The van der Waals surface area contributed by atoms with E-state index in [0.717, 1.165) is 32.1 Å². The van der Waals surface area contributed by atoms with E-state index < -0.39 is 96.8 Å². The van der Waals surface area contributed by atoms with Crippen LogP contribution in [0.1, 0.15) is 119 Å². The molecule has 1 aliphatic rings. The fraction of sp³-hybridized carbons (Fsp3) is 0.811. The number of guanidine groups is 1. The van der Waals surface area contributed by atoms with E-state index in [4.69, 9.17) is 16.2 Å². The number of aliphatic imine (C=N–C) groups is 1. The number of amides is 5. The Balaban J connectivity index is 3.60. The van der Waals surface area contributed by atoms with Gasteiger partial charge in [-0.05, 0) is 38.0 Å². The molecule has 1 heterocycles. The maximum Gasteiger partial charge on any atom is 0.325 e. The summed E-state index contributed by atoms with van der Waals surface area (Å²) in [5.41, 5.74) is 11.0. The molecule has 9 N–H and O–H groups in total. The van der Waals surface area contributed by atoms with E-state index in [2.05, 4.69) is 33.2 Å². The van der Waals surface area contributed by atoms with Crippen LogP contribution < -0.4 is 32.7 Å². The smallest absolute Gasteiger partial charge is 0.325 e. The Morgan fingerprint density at radius 1 is 0.849 bits per heavy atom. The zero-order chi connectivity index (χ0) is 40.2. The minimum absolute atomic E-state index is 0.0159. The van der Waals surface area contributed by atoms with Crippen LogP contribution in [-0.4, -0.2) is 108 Å². The number of aliphatic hydroxyl groups excluding tert-OH is 1. The summed E-state index contributed by atoms with van der Waals surface area (Å²) in [6.45, 7) is 11.5. The molecule has 1 aliphatic heterocycles. The van der Waals surface area contributed by atoms with Crippen LogP contribution in [0.3, 0.4) is 0 Å². The van der Waals surface area contributed by atoms with Gasteiger partial charge in [0.15, 0.2) is 5.96 Å². The van der Waals surface area contributed by atoms with Crippen molar-refractivity contribution >= 4 is 41.5 Å². The molecule has 1 fully saturated rings. The van der Waals surface area contributed by atoms with Gasteiger partial charge in [-0.3, -0.25) is 33.8 Å². The van der Waals surface area contributed by atoms with Crippen molar-refractivity contribution in [3.63, 3.8) is 0 Å². The van der Waals surface area contributed by atoms with Gasteiger partial charge < -0.3 is 47.5 Å². The molecule has 0 aliphatic carbocycles. The maximum absolute atomic E-state index is 14.1. The molecule has 0 bridgehead atoms. The first-order valence-electron chi connectivity index (χ1n) is 19.3. The first-order chi connectivity index (χ1) is 24.9. The number of ether oxygens (including phenoxy) is 1. The highest BCUT2D eigenvalue weighted by Crippen LogP contribution is 2.22. The Morgan fingerprint density at radius 2 is 1.43 bits per heavy atom. The minimum atomic E-state index is -1.54. The number of nitrogens with zero attached hydrogens (tertiary/aromatic N) is 2. The first kappa shape index (κ1) is 47.1. The summed E-state index contributed by atoms with van der Waals surface area (Å²) in [6, 6.07) is -5.08. The molecule has 16 heteroatoms. The van der Waals surface area contributed by atoms with Crippen LogP contribution in [0.5, 0.6) is 0 Å². The lowest BCUT2D eigenvalue weighted by Gasteiger charge is -2.34. The van der Waals surface area contributed by atoms with Gasteiger partial charge in [0.05, 0.1) is 18.6 Å². The second kappa shape index (κ2) is 24.4. The molecule has 1 rings (SSSR count). The van der Waals surface area contributed by atoms with Gasteiger partial charge in [0, 0.05) is 7.05 Å². The van der Waals surface area contributed by atoms with Gasteiger partial charge in [0.25, 0.3) is 0 Å². The number of esters is 1. The molecule has 304 valence electrons. The lowest BCUT2D eigenvalue weighted by Crippen LogP contribution is -2.61. The number of rotatable bonds is 16. The Bertz CT molecular complexity index is 1230. The molecular weight excluding hydrogens is 684 g/mol. The average molecular weight is 753 g/mol. The Labute approximate surface area is 315 Å². The highest BCUT2D eigenvalue weighted by Gasteiger charge is 2.38. The number of nitrogens with two attached hydrogens (primary N) is 2. The summed E-state index contributed by atoms with van der Waals surface area (Å²) in [7, 11) is 1.52. The van der Waals surface area contributed by atoms with Gasteiger partial charge in [-0.2, -0.15) is 0 Å². The monoisotopic (exact) mass is 753 g/mol. The van der Waals surface area contributed by atoms with Crippen LogP contribution in [0.15, 0.2) is 4.99 Å². The molecule has 8 atom stereocenters. The lowest BCUT2D eigenvalue weighted by molar-refractivity contribution is -0.157. The van der Waals surface area contributed by atoms with Crippen LogP contribution in [0, 0.1) is 17.8 Å². The molecule has 0 aromatic carbocycles. The van der Waals surface area contributed by atoms with Crippen LogP contribution >= 0.6 is 0 Å². The maximum atomic E-state index is 14.1. The summed E-state index contributed by atoms with van der Waals surface area (Å²) in [6.07, 6.45) is 7.22. The van der Waals surface area contributed by atoms with Crippen LogP contribution in [0.4, 0.5) is 0 Å². The van der Waals surface area contributed by atoms with E-state index >= 15 is 0 Å². The number of cyclic esters (lactones) is 1. The summed E-state index contributed by atoms with van der Waals surface area (Å²) < 4.78 is 5.82. The Hall–Kier alpha value is -3.95. The molecule has 53 heavy (non-hydrogen) atoms. The first-order valence-corrected chi connectivity index (χ1v) is 19.3. The van der Waals surface area contributed by atoms with Gasteiger partial charge in [-0.15, -0.1) is 0 Å². The Morgan fingerprint density at radius 3 is 1.98 bits per heavy atom. The van der Waals surface area contributed by atoms with Crippen LogP contribution in [-0.2, 0) is 33.5 Å².